The van der Waals surface area contributed by atoms with Crippen molar-refractivity contribution in [2.45, 2.75) is 33.4 Å². The molecule has 1 amide bonds. The number of carbonyl (C=O) groups excluding carboxylic acids is 1. The second kappa shape index (κ2) is 6.55. The minimum atomic E-state index is -0.503. The van der Waals surface area contributed by atoms with E-state index in [1.807, 2.05) is 51.1 Å². The van der Waals surface area contributed by atoms with E-state index in [4.69, 9.17) is 4.74 Å². The summed E-state index contributed by atoms with van der Waals surface area (Å²) < 4.78 is 5.25. The fourth-order valence-electron chi connectivity index (χ4n) is 1.97. The zero-order valence-corrected chi connectivity index (χ0v) is 13.3. The molecule has 0 radical (unpaired) electrons. The van der Waals surface area contributed by atoms with Crippen LogP contribution in [0.3, 0.4) is 0 Å². The third kappa shape index (κ3) is 4.28. The molecule has 1 N–H and O–H groups in total. The van der Waals surface area contributed by atoms with E-state index in [-0.39, 0.29) is 18.1 Å². The molecule has 0 fully saturated rings. The minimum absolute atomic E-state index is 0.220. The van der Waals surface area contributed by atoms with Gasteiger partial charge in [0.1, 0.15) is 12.6 Å². The van der Waals surface area contributed by atoms with E-state index >= 15 is 0 Å². The highest BCUT2D eigenvalue weighted by atomic mass is 16.5. The zero-order chi connectivity index (χ0) is 16.2. The van der Waals surface area contributed by atoms with E-state index in [0.717, 1.165) is 5.56 Å². The number of rotatable bonds is 4. The predicted molar refractivity (Wildman–Crippen MR) is 80.8 cm³/mol. The average Bonchev–Trinajstić information content (AvgIpc) is 2.88. The summed E-state index contributed by atoms with van der Waals surface area (Å²) >= 11 is 0. The molecule has 0 saturated carbocycles. The molecule has 1 atom stereocenters. The largest absolute Gasteiger partial charge is 0.445 e. The third-order valence-electron chi connectivity index (χ3n) is 3.12. The molecule has 118 valence electrons. The molecule has 0 saturated heterocycles. The molecule has 2 aromatic rings. The Labute approximate surface area is 129 Å². The molecule has 0 spiro atoms. The van der Waals surface area contributed by atoms with Crippen LogP contribution in [0, 0.1) is 5.41 Å². The van der Waals surface area contributed by atoms with Crippen LogP contribution in [-0.4, -0.2) is 26.3 Å². The Bertz CT molecular complexity index is 618. The van der Waals surface area contributed by atoms with Gasteiger partial charge in [-0.25, -0.2) is 4.79 Å². The lowest BCUT2D eigenvalue weighted by molar-refractivity contribution is 0.124. The van der Waals surface area contributed by atoms with Gasteiger partial charge >= 0.3 is 6.09 Å². The molecule has 0 aliphatic rings. The number of alkyl carbamates (subject to hydrolysis) is 1. The van der Waals surface area contributed by atoms with E-state index in [2.05, 4.69) is 20.7 Å². The number of amides is 1. The van der Waals surface area contributed by atoms with Crippen LogP contribution < -0.4 is 5.32 Å². The summed E-state index contributed by atoms with van der Waals surface area (Å²) in [4.78, 5) is 13.4. The van der Waals surface area contributed by atoms with E-state index in [1.54, 1.807) is 7.05 Å². The van der Waals surface area contributed by atoms with Crippen LogP contribution in [0.25, 0.3) is 0 Å². The first-order valence-electron chi connectivity index (χ1n) is 7.07. The molecule has 0 aliphatic carbocycles. The van der Waals surface area contributed by atoms with Gasteiger partial charge in [0.15, 0.2) is 5.82 Å². The number of hydrogen-bond donors (Lipinski definition) is 1. The normalized spacial score (nSPS) is 12.7. The molecule has 7 heteroatoms. The van der Waals surface area contributed by atoms with Crippen molar-refractivity contribution < 1.29 is 9.53 Å². The van der Waals surface area contributed by atoms with Crippen molar-refractivity contribution in [1.29, 1.82) is 0 Å². The Kier molecular flexibility index (Phi) is 4.75. The van der Waals surface area contributed by atoms with Crippen molar-refractivity contribution in [3.05, 3.63) is 41.7 Å². The van der Waals surface area contributed by atoms with Crippen LogP contribution in [0.4, 0.5) is 4.79 Å². The fourth-order valence-corrected chi connectivity index (χ4v) is 1.97. The number of hydrogen-bond acceptors (Lipinski definition) is 5. The Hall–Kier alpha value is -2.44. The molecular weight excluding hydrogens is 282 g/mol. The maximum absolute atomic E-state index is 12.0. The van der Waals surface area contributed by atoms with Crippen molar-refractivity contribution in [3.8, 4) is 0 Å². The average molecular weight is 303 g/mol. The Morgan fingerprint density at radius 2 is 2.00 bits per heavy atom. The molecule has 7 nitrogen and oxygen atoms in total. The van der Waals surface area contributed by atoms with Gasteiger partial charge in [-0.15, -0.1) is 10.2 Å². The first kappa shape index (κ1) is 15.9. The number of aromatic nitrogens is 4. The molecule has 2 rings (SSSR count). The number of benzene rings is 1. The predicted octanol–water partition coefficient (Wildman–Crippen LogP) is 2.22. The van der Waals surface area contributed by atoms with Crippen molar-refractivity contribution in [2.24, 2.45) is 12.5 Å². The maximum atomic E-state index is 12.0. The summed E-state index contributed by atoms with van der Waals surface area (Å²) in [6, 6.07) is 9.14. The van der Waals surface area contributed by atoms with Gasteiger partial charge in [-0.3, -0.25) is 0 Å². The summed E-state index contributed by atoms with van der Waals surface area (Å²) in [6.45, 7) is 6.19. The smallest absolute Gasteiger partial charge is 0.408 e. The highest BCUT2D eigenvalue weighted by molar-refractivity contribution is 5.67. The summed E-state index contributed by atoms with van der Waals surface area (Å²) in [6.07, 6.45) is -0.503. The van der Waals surface area contributed by atoms with Crippen molar-refractivity contribution in [2.75, 3.05) is 0 Å². The van der Waals surface area contributed by atoms with Crippen LogP contribution in [0.2, 0.25) is 0 Å². The van der Waals surface area contributed by atoms with Gasteiger partial charge in [-0.1, -0.05) is 51.1 Å². The first-order valence-corrected chi connectivity index (χ1v) is 7.07. The van der Waals surface area contributed by atoms with Gasteiger partial charge in [0.25, 0.3) is 0 Å². The molecule has 1 heterocycles. The summed E-state index contributed by atoms with van der Waals surface area (Å²) in [5.74, 6) is 0.465. The lowest BCUT2D eigenvalue weighted by atomic mass is 9.86. The molecule has 0 aliphatic heterocycles. The Balaban J connectivity index is 2.00. The van der Waals surface area contributed by atoms with Crippen molar-refractivity contribution in [3.63, 3.8) is 0 Å². The third-order valence-corrected chi connectivity index (χ3v) is 3.12. The lowest BCUT2D eigenvalue weighted by Crippen LogP contribution is -2.37. The van der Waals surface area contributed by atoms with Crippen LogP contribution in [0.5, 0.6) is 0 Å². The van der Waals surface area contributed by atoms with E-state index in [9.17, 15) is 4.79 Å². The second-order valence-corrected chi connectivity index (χ2v) is 6.14. The Morgan fingerprint density at radius 1 is 1.32 bits per heavy atom. The molecule has 1 aromatic carbocycles. The number of ether oxygens (including phenoxy) is 1. The number of carbonyl (C=O) groups is 1. The maximum Gasteiger partial charge on any atom is 0.408 e. The van der Waals surface area contributed by atoms with E-state index < -0.39 is 6.09 Å². The summed E-state index contributed by atoms with van der Waals surface area (Å²) in [5.41, 5.74) is 0.664. The molecular formula is C15H21N5O2. The molecule has 1 aromatic heterocycles. The van der Waals surface area contributed by atoms with Crippen LogP contribution in [0.1, 0.15) is 38.2 Å². The van der Waals surface area contributed by atoms with Gasteiger partial charge < -0.3 is 10.1 Å². The van der Waals surface area contributed by atoms with Gasteiger partial charge in [-0.05, 0) is 16.2 Å². The summed E-state index contributed by atoms with van der Waals surface area (Å²) in [7, 11) is 1.68. The number of nitrogens with one attached hydrogen (secondary N) is 1. The number of tetrazole rings is 1. The van der Waals surface area contributed by atoms with Crippen molar-refractivity contribution in [1.82, 2.24) is 25.5 Å². The molecule has 22 heavy (non-hydrogen) atoms. The number of aryl methyl sites for hydroxylation is 1. The van der Waals surface area contributed by atoms with Crippen LogP contribution >= 0.6 is 0 Å². The van der Waals surface area contributed by atoms with Gasteiger partial charge in [-0.2, -0.15) is 4.80 Å². The first-order chi connectivity index (χ1) is 10.4. The van der Waals surface area contributed by atoms with Crippen molar-refractivity contribution >= 4 is 6.09 Å². The van der Waals surface area contributed by atoms with Crippen LogP contribution in [-0.2, 0) is 18.4 Å². The zero-order valence-electron chi connectivity index (χ0n) is 13.3. The fraction of sp³-hybridized carbons (Fsp3) is 0.467. The monoisotopic (exact) mass is 303 g/mol. The standard InChI is InChI=1S/C15H21N5O2/c1-15(2,3)12(13-17-19-20(4)18-13)16-14(21)22-10-11-8-6-5-7-9-11/h5-9,12H,10H2,1-4H3,(H,16,21). The quantitative estimate of drug-likeness (QED) is 0.936. The second-order valence-electron chi connectivity index (χ2n) is 6.14. The van der Waals surface area contributed by atoms with E-state index in [0.29, 0.717) is 5.82 Å². The Morgan fingerprint density at radius 3 is 2.55 bits per heavy atom. The number of nitrogens with zero attached hydrogens (tertiary/aromatic N) is 4. The minimum Gasteiger partial charge on any atom is -0.445 e. The van der Waals surface area contributed by atoms with Gasteiger partial charge in [0, 0.05) is 0 Å². The van der Waals surface area contributed by atoms with Crippen LogP contribution in [0.15, 0.2) is 30.3 Å². The molecule has 0 bridgehead atoms. The SMILES string of the molecule is Cn1nnc(C(NC(=O)OCc2ccccc2)C(C)(C)C)n1. The highest BCUT2D eigenvalue weighted by Gasteiger charge is 2.32. The topological polar surface area (TPSA) is 81.9 Å². The van der Waals surface area contributed by atoms with E-state index in [1.165, 1.54) is 4.80 Å². The lowest BCUT2D eigenvalue weighted by Gasteiger charge is -2.28. The highest BCUT2D eigenvalue weighted by Crippen LogP contribution is 2.30. The summed E-state index contributed by atoms with van der Waals surface area (Å²) in [5, 5.41) is 14.8. The van der Waals surface area contributed by atoms with Gasteiger partial charge in [0.05, 0.1) is 7.05 Å². The van der Waals surface area contributed by atoms with Gasteiger partial charge in [0.2, 0.25) is 0 Å². The molecule has 1 unspecified atom stereocenters.